The quantitative estimate of drug-likeness (QED) is 0.264. The van der Waals surface area contributed by atoms with Gasteiger partial charge in [0.05, 0.1) is 33.2 Å². The van der Waals surface area contributed by atoms with Gasteiger partial charge in [0.25, 0.3) is 0 Å². The number of ether oxygens (including phenoxy) is 1. The van der Waals surface area contributed by atoms with Crippen LogP contribution in [0.15, 0.2) is 48.7 Å². The lowest BCUT2D eigenvalue weighted by Crippen LogP contribution is -2.14. The molecule has 33 heavy (non-hydrogen) atoms. The highest BCUT2D eigenvalue weighted by Crippen LogP contribution is 2.37. The summed E-state index contributed by atoms with van der Waals surface area (Å²) >= 11 is 12.5. The Morgan fingerprint density at radius 3 is 2.42 bits per heavy atom. The molecule has 168 valence electrons. The van der Waals surface area contributed by atoms with E-state index in [1.807, 2.05) is 39.3 Å². The van der Waals surface area contributed by atoms with Gasteiger partial charge in [0.1, 0.15) is 11.2 Å². The van der Waals surface area contributed by atoms with Gasteiger partial charge in [-0.05, 0) is 30.3 Å². The summed E-state index contributed by atoms with van der Waals surface area (Å²) in [6, 6.07) is 13.3. The molecule has 0 aliphatic heterocycles. The van der Waals surface area contributed by atoms with Crippen molar-refractivity contribution in [2.24, 2.45) is 5.92 Å². The van der Waals surface area contributed by atoms with E-state index >= 15 is 0 Å². The third-order valence-electron chi connectivity index (χ3n) is 5.56. The summed E-state index contributed by atoms with van der Waals surface area (Å²) in [5.74, 6) is 0.759. The van der Waals surface area contributed by atoms with E-state index in [2.05, 4.69) is 13.8 Å². The van der Waals surface area contributed by atoms with Crippen molar-refractivity contribution >= 4 is 56.9 Å². The number of hydrogen-bond acceptors (Lipinski definition) is 4. The van der Waals surface area contributed by atoms with Crippen LogP contribution in [0.3, 0.4) is 0 Å². The number of rotatable bonds is 4. The van der Waals surface area contributed by atoms with Crippen LogP contribution in [-0.2, 0) is 4.79 Å². The Labute approximate surface area is 200 Å². The smallest absolute Gasteiger partial charge is 0.313 e. The molecule has 3 aromatic heterocycles. The standard InChI is InChI=1S/C25H22Cl2N4O2/c1-13(2)22-29-23-21(24-28-18-7-5-6-8-19(18)31(22)24)20(33-25(32)14(3)4)12-30(23)15-9-10-16(26)17(27)11-15/h5-14H,1-4H3. The molecule has 0 aliphatic carbocycles. The van der Waals surface area contributed by atoms with Gasteiger partial charge in [-0.3, -0.25) is 13.8 Å². The fourth-order valence-electron chi connectivity index (χ4n) is 3.90. The lowest BCUT2D eigenvalue weighted by molar-refractivity contribution is -0.137. The van der Waals surface area contributed by atoms with Gasteiger partial charge in [-0.25, -0.2) is 9.97 Å². The van der Waals surface area contributed by atoms with Gasteiger partial charge in [-0.15, -0.1) is 0 Å². The number of nitrogens with zero attached hydrogens (tertiary/aromatic N) is 4. The predicted octanol–water partition coefficient (Wildman–Crippen LogP) is 6.82. The SMILES string of the molecule is CC(C)C(=O)Oc1cn(-c2ccc(Cl)c(Cl)c2)c2nc(C(C)C)n3c4ccccc4nc3c12. The van der Waals surface area contributed by atoms with Crippen LogP contribution in [0.2, 0.25) is 10.0 Å². The van der Waals surface area contributed by atoms with Crippen LogP contribution >= 0.6 is 23.2 Å². The Kier molecular flexibility index (Phi) is 5.30. The molecule has 0 radical (unpaired) electrons. The van der Waals surface area contributed by atoms with Crippen molar-refractivity contribution in [2.75, 3.05) is 0 Å². The predicted molar refractivity (Wildman–Crippen MR) is 132 cm³/mol. The highest BCUT2D eigenvalue weighted by molar-refractivity contribution is 6.42. The van der Waals surface area contributed by atoms with Gasteiger partial charge >= 0.3 is 5.97 Å². The zero-order valence-corrected chi connectivity index (χ0v) is 20.1. The Hall–Kier alpha value is -3.09. The molecule has 5 aromatic rings. The zero-order valence-electron chi connectivity index (χ0n) is 18.6. The number of fused-ring (bicyclic) bond motifs is 5. The fourth-order valence-corrected chi connectivity index (χ4v) is 4.19. The number of carbonyl (C=O) groups excluding carboxylic acids is 1. The molecule has 0 fully saturated rings. The average Bonchev–Trinajstić information content (AvgIpc) is 3.33. The molecule has 0 saturated heterocycles. The van der Waals surface area contributed by atoms with E-state index in [1.54, 1.807) is 32.2 Å². The van der Waals surface area contributed by atoms with Crippen LogP contribution in [0.25, 0.3) is 33.4 Å². The third kappa shape index (κ3) is 3.54. The van der Waals surface area contributed by atoms with E-state index in [0.29, 0.717) is 32.5 Å². The summed E-state index contributed by atoms with van der Waals surface area (Å²) in [6.07, 6.45) is 1.76. The van der Waals surface area contributed by atoms with E-state index < -0.39 is 0 Å². The topological polar surface area (TPSA) is 61.4 Å². The summed E-state index contributed by atoms with van der Waals surface area (Å²) in [4.78, 5) is 22.5. The second-order valence-electron chi connectivity index (χ2n) is 8.62. The Balaban J connectivity index is 1.92. The molecule has 0 N–H and O–H groups in total. The van der Waals surface area contributed by atoms with Crippen molar-refractivity contribution in [1.29, 1.82) is 0 Å². The number of aromatic nitrogens is 4. The van der Waals surface area contributed by atoms with Gasteiger partial charge in [0.15, 0.2) is 17.0 Å². The monoisotopic (exact) mass is 480 g/mol. The first-order chi connectivity index (χ1) is 15.8. The minimum Gasteiger partial charge on any atom is -0.424 e. The van der Waals surface area contributed by atoms with Crippen LogP contribution in [0.4, 0.5) is 0 Å². The molecule has 0 aliphatic rings. The maximum atomic E-state index is 12.6. The van der Waals surface area contributed by atoms with Crippen LogP contribution in [-0.4, -0.2) is 24.9 Å². The molecule has 0 bridgehead atoms. The van der Waals surface area contributed by atoms with Crippen LogP contribution < -0.4 is 4.74 Å². The van der Waals surface area contributed by atoms with Crippen LogP contribution in [0.5, 0.6) is 5.75 Å². The minimum atomic E-state index is -0.328. The normalized spacial score (nSPS) is 12.0. The minimum absolute atomic E-state index is 0.119. The highest BCUT2D eigenvalue weighted by Gasteiger charge is 2.24. The Morgan fingerprint density at radius 2 is 1.73 bits per heavy atom. The molecular weight excluding hydrogens is 459 g/mol. The molecule has 0 atom stereocenters. The van der Waals surface area contributed by atoms with Crippen molar-refractivity contribution in [3.8, 4) is 11.4 Å². The van der Waals surface area contributed by atoms with Crippen molar-refractivity contribution in [3.05, 3.63) is 64.5 Å². The third-order valence-corrected chi connectivity index (χ3v) is 6.30. The number of esters is 1. The summed E-state index contributed by atoms with van der Waals surface area (Å²) in [5.41, 5.74) is 3.87. The molecule has 0 saturated carbocycles. The highest BCUT2D eigenvalue weighted by atomic mass is 35.5. The molecule has 8 heteroatoms. The Morgan fingerprint density at radius 1 is 0.970 bits per heavy atom. The van der Waals surface area contributed by atoms with Crippen molar-refractivity contribution in [3.63, 3.8) is 0 Å². The van der Waals surface area contributed by atoms with E-state index in [1.165, 1.54) is 0 Å². The number of para-hydroxylation sites is 2. The number of hydrogen-bond donors (Lipinski definition) is 0. The van der Waals surface area contributed by atoms with Gasteiger partial charge in [-0.1, -0.05) is 63.0 Å². The molecule has 0 spiro atoms. The van der Waals surface area contributed by atoms with E-state index in [0.717, 1.165) is 22.5 Å². The second kappa shape index (κ2) is 8.04. The summed E-state index contributed by atoms with van der Waals surface area (Å²) < 4.78 is 9.75. The Bertz CT molecular complexity index is 1550. The van der Waals surface area contributed by atoms with Crippen molar-refractivity contribution in [1.82, 2.24) is 18.9 Å². The molecule has 2 aromatic carbocycles. The van der Waals surface area contributed by atoms with Crippen LogP contribution in [0.1, 0.15) is 39.4 Å². The van der Waals surface area contributed by atoms with E-state index in [4.69, 9.17) is 37.9 Å². The summed E-state index contributed by atoms with van der Waals surface area (Å²) in [5, 5.41) is 1.55. The molecule has 0 amide bonds. The lowest BCUT2D eigenvalue weighted by Gasteiger charge is -2.12. The first-order valence-corrected chi connectivity index (χ1v) is 11.5. The maximum absolute atomic E-state index is 12.6. The molecule has 5 rings (SSSR count). The number of benzene rings is 2. The van der Waals surface area contributed by atoms with Crippen molar-refractivity contribution in [2.45, 2.75) is 33.6 Å². The van der Waals surface area contributed by atoms with E-state index in [9.17, 15) is 4.79 Å². The van der Waals surface area contributed by atoms with Gasteiger partial charge in [0, 0.05) is 11.6 Å². The van der Waals surface area contributed by atoms with Crippen molar-refractivity contribution < 1.29 is 9.53 Å². The molecule has 0 unspecified atom stereocenters. The average molecular weight is 481 g/mol. The lowest BCUT2D eigenvalue weighted by atomic mass is 10.2. The zero-order chi connectivity index (χ0) is 23.4. The summed E-state index contributed by atoms with van der Waals surface area (Å²) in [6.45, 7) is 7.78. The molecule has 3 heterocycles. The maximum Gasteiger partial charge on any atom is 0.313 e. The number of halogens is 2. The first kappa shape index (κ1) is 21.7. The van der Waals surface area contributed by atoms with E-state index in [-0.39, 0.29) is 17.8 Å². The number of carbonyl (C=O) groups is 1. The largest absolute Gasteiger partial charge is 0.424 e. The molecular formula is C25H22Cl2N4O2. The fraction of sp³-hybridized carbons (Fsp3) is 0.240. The van der Waals surface area contributed by atoms with Gasteiger partial charge < -0.3 is 4.74 Å². The number of imidazole rings is 1. The second-order valence-corrected chi connectivity index (χ2v) is 9.43. The van der Waals surface area contributed by atoms with Crippen LogP contribution in [0, 0.1) is 5.92 Å². The summed E-state index contributed by atoms with van der Waals surface area (Å²) in [7, 11) is 0. The van der Waals surface area contributed by atoms with Gasteiger partial charge in [-0.2, -0.15) is 0 Å². The first-order valence-electron chi connectivity index (χ1n) is 10.8. The molecule has 6 nitrogen and oxygen atoms in total. The van der Waals surface area contributed by atoms with Gasteiger partial charge in [0.2, 0.25) is 0 Å².